The first-order chi connectivity index (χ1) is 6.95. The second-order valence-electron chi connectivity index (χ2n) is 4.46. The van der Waals surface area contributed by atoms with E-state index < -0.39 is 0 Å². The Bertz CT molecular complexity index is 149. The van der Waals surface area contributed by atoms with Crippen LogP contribution in [0.2, 0.25) is 0 Å². The SMILES string of the molecule is C1CNCCC(CN2CCOCC2)C1. The quantitative estimate of drug-likeness (QED) is 0.707. The molecule has 2 fully saturated rings. The van der Waals surface area contributed by atoms with E-state index in [4.69, 9.17) is 4.74 Å². The van der Waals surface area contributed by atoms with Crippen molar-refractivity contribution in [2.45, 2.75) is 19.3 Å². The molecule has 3 heteroatoms. The summed E-state index contributed by atoms with van der Waals surface area (Å²) in [6, 6.07) is 0. The molecule has 2 aliphatic rings. The molecule has 2 aliphatic heterocycles. The molecule has 1 N–H and O–H groups in total. The van der Waals surface area contributed by atoms with Gasteiger partial charge in [0.2, 0.25) is 0 Å². The summed E-state index contributed by atoms with van der Waals surface area (Å²) in [6.45, 7) is 7.89. The third kappa shape index (κ3) is 3.23. The summed E-state index contributed by atoms with van der Waals surface area (Å²) < 4.78 is 5.36. The fraction of sp³-hybridized carbons (Fsp3) is 1.00. The lowest BCUT2D eigenvalue weighted by molar-refractivity contribution is 0.0298. The van der Waals surface area contributed by atoms with Crippen LogP contribution >= 0.6 is 0 Å². The lowest BCUT2D eigenvalue weighted by Gasteiger charge is -2.29. The Morgan fingerprint density at radius 1 is 1.14 bits per heavy atom. The summed E-state index contributed by atoms with van der Waals surface area (Å²) in [5.41, 5.74) is 0. The summed E-state index contributed by atoms with van der Waals surface area (Å²) >= 11 is 0. The molecule has 2 rings (SSSR count). The van der Waals surface area contributed by atoms with E-state index in [0.717, 1.165) is 32.2 Å². The van der Waals surface area contributed by atoms with E-state index in [1.54, 1.807) is 0 Å². The van der Waals surface area contributed by atoms with Gasteiger partial charge in [-0.05, 0) is 38.3 Å². The van der Waals surface area contributed by atoms with Crippen LogP contribution < -0.4 is 5.32 Å². The summed E-state index contributed by atoms with van der Waals surface area (Å²) in [4.78, 5) is 2.57. The van der Waals surface area contributed by atoms with Gasteiger partial charge in [0.05, 0.1) is 13.2 Å². The molecule has 2 saturated heterocycles. The maximum Gasteiger partial charge on any atom is 0.0594 e. The monoisotopic (exact) mass is 198 g/mol. The Morgan fingerprint density at radius 2 is 2.00 bits per heavy atom. The van der Waals surface area contributed by atoms with E-state index in [9.17, 15) is 0 Å². The maximum atomic E-state index is 5.36. The van der Waals surface area contributed by atoms with Gasteiger partial charge in [0.25, 0.3) is 0 Å². The topological polar surface area (TPSA) is 24.5 Å². The summed E-state index contributed by atoms with van der Waals surface area (Å²) in [5.74, 6) is 0.920. The fourth-order valence-corrected chi connectivity index (χ4v) is 2.42. The molecule has 0 aromatic rings. The molecule has 1 unspecified atom stereocenters. The maximum absolute atomic E-state index is 5.36. The molecule has 14 heavy (non-hydrogen) atoms. The lowest BCUT2D eigenvalue weighted by Crippen LogP contribution is -2.39. The Labute approximate surface area is 86.8 Å². The molecule has 0 spiro atoms. The van der Waals surface area contributed by atoms with E-state index in [0.29, 0.717) is 0 Å². The van der Waals surface area contributed by atoms with Crippen molar-refractivity contribution >= 4 is 0 Å². The Hall–Kier alpha value is -0.120. The number of morpholine rings is 1. The number of rotatable bonds is 2. The van der Waals surface area contributed by atoms with Crippen LogP contribution in [0.15, 0.2) is 0 Å². The number of nitrogens with one attached hydrogen (secondary N) is 1. The first kappa shape index (κ1) is 10.4. The predicted molar refractivity (Wildman–Crippen MR) is 57.5 cm³/mol. The highest BCUT2D eigenvalue weighted by atomic mass is 16.5. The van der Waals surface area contributed by atoms with Gasteiger partial charge in [-0.25, -0.2) is 0 Å². The molecule has 82 valence electrons. The molecule has 0 aliphatic carbocycles. The standard InChI is InChI=1S/C11H22N2O/c1-2-11(3-5-12-4-1)10-13-6-8-14-9-7-13/h11-12H,1-10H2. The molecule has 0 saturated carbocycles. The fourth-order valence-electron chi connectivity index (χ4n) is 2.42. The van der Waals surface area contributed by atoms with Gasteiger partial charge in [0.15, 0.2) is 0 Å². The van der Waals surface area contributed by atoms with E-state index in [1.807, 2.05) is 0 Å². The highest BCUT2D eigenvalue weighted by Crippen LogP contribution is 2.15. The minimum Gasteiger partial charge on any atom is -0.379 e. The van der Waals surface area contributed by atoms with Gasteiger partial charge in [0.1, 0.15) is 0 Å². The van der Waals surface area contributed by atoms with Crippen LogP contribution in [-0.2, 0) is 4.74 Å². The largest absolute Gasteiger partial charge is 0.379 e. The van der Waals surface area contributed by atoms with Gasteiger partial charge in [-0.1, -0.05) is 0 Å². The van der Waals surface area contributed by atoms with Crippen LogP contribution in [0.1, 0.15) is 19.3 Å². The Kier molecular flexibility index (Phi) is 4.22. The molecule has 3 nitrogen and oxygen atoms in total. The van der Waals surface area contributed by atoms with Gasteiger partial charge in [-0.15, -0.1) is 0 Å². The average Bonchev–Trinajstić information content (AvgIpc) is 2.48. The Morgan fingerprint density at radius 3 is 2.86 bits per heavy atom. The third-order valence-corrected chi connectivity index (χ3v) is 3.32. The molecule has 1 atom stereocenters. The zero-order valence-corrected chi connectivity index (χ0v) is 9.00. The second kappa shape index (κ2) is 5.69. The van der Waals surface area contributed by atoms with Crippen LogP contribution in [0.4, 0.5) is 0 Å². The zero-order chi connectivity index (χ0) is 9.64. The van der Waals surface area contributed by atoms with E-state index in [2.05, 4.69) is 10.2 Å². The number of nitrogens with zero attached hydrogens (tertiary/aromatic N) is 1. The normalized spacial score (nSPS) is 31.3. The van der Waals surface area contributed by atoms with Crippen molar-refractivity contribution in [2.24, 2.45) is 5.92 Å². The van der Waals surface area contributed by atoms with Crippen LogP contribution in [0.3, 0.4) is 0 Å². The highest BCUT2D eigenvalue weighted by molar-refractivity contribution is 4.72. The molecule has 0 aromatic heterocycles. The van der Waals surface area contributed by atoms with Gasteiger partial charge >= 0.3 is 0 Å². The molecule has 0 bridgehead atoms. The van der Waals surface area contributed by atoms with E-state index >= 15 is 0 Å². The van der Waals surface area contributed by atoms with Crippen molar-refractivity contribution in [3.05, 3.63) is 0 Å². The van der Waals surface area contributed by atoms with Gasteiger partial charge in [0, 0.05) is 19.6 Å². The van der Waals surface area contributed by atoms with Crippen LogP contribution in [-0.4, -0.2) is 50.8 Å². The molecule has 0 radical (unpaired) electrons. The van der Waals surface area contributed by atoms with Crippen LogP contribution in [0.25, 0.3) is 0 Å². The number of hydrogen-bond donors (Lipinski definition) is 1. The van der Waals surface area contributed by atoms with Crippen molar-refractivity contribution in [3.63, 3.8) is 0 Å². The number of hydrogen-bond acceptors (Lipinski definition) is 3. The van der Waals surface area contributed by atoms with Crippen molar-refractivity contribution in [1.29, 1.82) is 0 Å². The minimum atomic E-state index is 0.920. The van der Waals surface area contributed by atoms with E-state index in [1.165, 1.54) is 38.9 Å². The summed E-state index contributed by atoms with van der Waals surface area (Å²) in [6.07, 6.45) is 4.12. The molecular weight excluding hydrogens is 176 g/mol. The Balaban J connectivity index is 1.71. The van der Waals surface area contributed by atoms with Gasteiger partial charge in [-0.3, -0.25) is 4.90 Å². The van der Waals surface area contributed by atoms with Crippen LogP contribution in [0.5, 0.6) is 0 Å². The molecule has 0 aromatic carbocycles. The van der Waals surface area contributed by atoms with Gasteiger partial charge in [-0.2, -0.15) is 0 Å². The summed E-state index contributed by atoms with van der Waals surface area (Å²) in [7, 11) is 0. The van der Waals surface area contributed by atoms with Crippen molar-refractivity contribution < 1.29 is 4.74 Å². The smallest absolute Gasteiger partial charge is 0.0594 e. The number of ether oxygens (including phenoxy) is 1. The van der Waals surface area contributed by atoms with Crippen LogP contribution in [0, 0.1) is 5.92 Å². The molecular formula is C11H22N2O. The second-order valence-corrected chi connectivity index (χ2v) is 4.46. The zero-order valence-electron chi connectivity index (χ0n) is 9.00. The van der Waals surface area contributed by atoms with Crippen molar-refractivity contribution in [2.75, 3.05) is 45.9 Å². The predicted octanol–water partition coefficient (Wildman–Crippen LogP) is 0.708. The average molecular weight is 198 g/mol. The first-order valence-electron chi connectivity index (χ1n) is 5.96. The third-order valence-electron chi connectivity index (χ3n) is 3.32. The van der Waals surface area contributed by atoms with Crippen molar-refractivity contribution in [3.8, 4) is 0 Å². The minimum absolute atomic E-state index is 0.920. The van der Waals surface area contributed by atoms with Crippen molar-refractivity contribution in [1.82, 2.24) is 10.2 Å². The van der Waals surface area contributed by atoms with E-state index in [-0.39, 0.29) is 0 Å². The summed E-state index contributed by atoms with van der Waals surface area (Å²) in [5, 5.41) is 3.47. The highest BCUT2D eigenvalue weighted by Gasteiger charge is 2.17. The first-order valence-corrected chi connectivity index (χ1v) is 5.96. The molecule has 0 amide bonds. The molecule has 2 heterocycles. The lowest BCUT2D eigenvalue weighted by atomic mass is 10.00. The van der Waals surface area contributed by atoms with Gasteiger partial charge < -0.3 is 10.1 Å².